The van der Waals surface area contributed by atoms with Crippen LogP contribution in [0.25, 0.3) is 0 Å². The molecule has 18 heavy (non-hydrogen) atoms. The second kappa shape index (κ2) is 4.59. The molecule has 0 radical (unpaired) electrons. The van der Waals surface area contributed by atoms with E-state index in [1.54, 1.807) is 0 Å². The van der Waals surface area contributed by atoms with Crippen molar-refractivity contribution < 1.29 is 4.74 Å². The fourth-order valence-corrected chi connectivity index (χ4v) is 2.86. The quantitative estimate of drug-likeness (QED) is 0.822. The largest absolute Gasteiger partial charge is 0.367 e. The number of hydrogen-bond donors (Lipinski definition) is 1. The predicted octanol–water partition coefficient (Wildman–Crippen LogP) is 1.85. The smallest absolute Gasteiger partial charge is 0.160 e. The zero-order valence-electron chi connectivity index (χ0n) is 11.3. The normalized spacial score (nSPS) is 27.9. The Morgan fingerprint density at radius 2 is 2.17 bits per heavy atom. The minimum atomic E-state index is -0.275. The number of nitrogens with zero attached hydrogens (tertiary/aromatic N) is 2. The van der Waals surface area contributed by atoms with Gasteiger partial charge in [-0.15, -0.1) is 0 Å². The molecule has 1 aromatic heterocycles. The lowest BCUT2D eigenvalue weighted by atomic mass is 9.94. The van der Waals surface area contributed by atoms with Gasteiger partial charge in [0, 0.05) is 37.4 Å². The standard InChI is InChI=1S/C14H21N3O/c1-10-11-9-15-7-5-12(11)17-13(16-10)14(2)6-3-4-8-18-14/h15H,3-9H2,1-2H3. The number of aryl methyl sites for hydroxylation is 1. The summed E-state index contributed by atoms with van der Waals surface area (Å²) in [5.41, 5.74) is 3.33. The van der Waals surface area contributed by atoms with Crippen LogP contribution in [0, 0.1) is 6.92 Å². The molecule has 3 rings (SSSR count). The molecule has 1 atom stereocenters. The number of aromatic nitrogens is 2. The molecule has 1 saturated heterocycles. The molecule has 0 bridgehead atoms. The summed E-state index contributed by atoms with van der Waals surface area (Å²) in [4.78, 5) is 9.50. The molecule has 3 heterocycles. The summed E-state index contributed by atoms with van der Waals surface area (Å²) in [7, 11) is 0. The van der Waals surface area contributed by atoms with Crippen LogP contribution in [0.1, 0.15) is 49.0 Å². The molecule has 0 spiro atoms. The van der Waals surface area contributed by atoms with Crippen LogP contribution in [-0.2, 0) is 23.3 Å². The van der Waals surface area contributed by atoms with Gasteiger partial charge in [0.2, 0.25) is 0 Å². The highest BCUT2D eigenvalue weighted by Gasteiger charge is 2.34. The van der Waals surface area contributed by atoms with E-state index in [0.717, 1.165) is 50.5 Å². The third-order valence-electron chi connectivity index (χ3n) is 4.08. The van der Waals surface area contributed by atoms with Crippen molar-refractivity contribution in [3.05, 3.63) is 22.8 Å². The first kappa shape index (κ1) is 12.1. The molecule has 2 aliphatic heterocycles. The van der Waals surface area contributed by atoms with Gasteiger partial charge in [0.25, 0.3) is 0 Å². The van der Waals surface area contributed by atoms with Gasteiger partial charge in [-0.3, -0.25) is 0 Å². The van der Waals surface area contributed by atoms with Crippen molar-refractivity contribution in [1.29, 1.82) is 0 Å². The van der Waals surface area contributed by atoms with Crippen molar-refractivity contribution in [2.75, 3.05) is 13.2 Å². The van der Waals surface area contributed by atoms with E-state index in [0.29, 0.717) is 0 Å². The van der Waals surface area contributed by atoms with Crippen molar-refractivity contribution in [3.63, 3.8) is 0 Å². The van der Waals surface area contributed by atoms with E-state index >= 15 is 0 Å². The maximum absolute atomic E-state index is 5.96. The van der Waals surface area contributed by atoms with Crippen molar-refractivity contribution in [2.24, 2.45) is 0 Å². The Kier molecular flexibility index (Phi) is 3.08. The van der Waals surface area contributed by atoms with Gasteiger partial charge in [-0.2, -0.15) is 0 Å². The molecule has 2 aliphatic rings. The van der Waals surface area contributed by atoms with Gasteiger partial charge in [0.05, 0.1) is 5.69 Å². The Balaban J connectivity index is 1.99. The van der Waals surface area contributed by atoms with E-state index in [4.69, 9.17) is 14.7 Å². The highest BCUT2D eigenvalue weighted by Crippen LogP contribution is 2.33. The van der Waals surface area contributed by atoms with Crippen molar-refractivity contribution in [2.45, 2.75) is 51.7 Å². The Bertz CT molecular complexity index is 453. The Labute approximate surface area is 108 Å². The fraction of sp³-hybridized carbons (Fsp3) is 0.714. The van der Waals surface area contributed by atoms with Crippen LogP contribution in [-0.4, -0.2) is 23.1 Å². The van der Waals surface area contributed by atoms with E-state index in [-0.39, 0.29) is 5.60 Å². The minimum absolute atomic E-state index is 0.275. The van der Waals surface area contributed by atoms with E-state index in [2.05, 4.69) is 19.2 Å². The van der Waals surface area contributed by atoms with Gasteiger partial charge in [0.1, 0.15) is 5.60 Å². The van der Waals surface area contributed by atoms with Crippen LogP contribution >= 0.6 is 0 Å². The van der Waals surface area contributed by atoms with Crippen LogP contribution in [0.15, 0.2) is 0 Å². The first-order valence-electron chi connectivity index (χ1n) is 6.90. The molecule has 0 aliphatic carbocycles. The monoisotopic (exact) mass is 247 g/mol. The minimum Gasteiger partial charge on any atom is -0.367 e. The first-order chi connectivity index (χ1) is 8.69. The van der Waals surface area contributed by atoms with E-state index in [1.165, 1.54) is 17.7 Å². The van der Waals surface area contributed by atoms with Crippen molar-refractivity contribution in [1.82, 2.24) is 15.3 Å². The molecule has 1 unspecified atom stereocenters. The van der Waals surface area contributed by atoms with Gasteiger partial charge in [-0.1, -0.05) is 0 Å². The Morgan fingerprint density at radius 1 is 1.28 bits per heavy atom. The number of hydrogen-bond acceptors (Lipinski definition) is 4. The predicted molar refractivity (Wildman–Crippen MR) is 69.3 cm³/mol. The average molecular weight is 247 g/mol. The van der Waals surface area contributed by atoms with E-state index in [1.807, 2.05) is 0 Å². The molecule has 1 N–H and O–H groups in total. The number of ether oxygens (including phenoxy) is 1. The van der Waals surface area contributed by atoms with Crippen LogP contribution in [0.3, 0.4) is 0 Å². The summed E-state index contributed by atoms with van der Waals surface area (Å²) in [6.07, 6.45) is 4.40. The summed E-state index contributed by atoms with van der Waals surface area (Å²) in [5, 5.41) is 3.38. The van der Waals surface area contributed by atoms with Crippen LogP contribution < -0.4 is 5.32 Å². The molecule has 98 valence electrons. The molecule has 0 amide bonds. The molecule has 1 aromatic rings. The highest BCUT2D eigenvalue weighted by atomic mass is 16.5. The van der Waals surface area contributed by atoms with Crippen LogP contribution in [0.2, 0.25) is 0 Å². The lowest BCUT2D eigenvalue weighted by Crippen LogP contribution is -2.34. The highest BCUT2D eigenvalue weighted by molar-refractivity contribution is 5.28. The lowest BCUT2D eigenvalue weighted by Gasteiger charge is -2.33. The fourth-order valence-electron chi connectivity index (χ4n) is 2.86. The molecule has 0 aromatic carbocycles. The number of nitrogens with one attached hydrogen (secondary N) is 1. The van der Waals surface area contributed by atoms with Crippen LogP contribution in [0.5, 0.6) is 0 Å². The summed E-state index contributed by atoms with van der Waals surface area (Å²) in [6.45, 7) is 6.97. The summed E-state index contributed by atoms with van der Waals surface area (Å²) in [6, 6.07) is 0. The molecule has 0 saturated carbocycles. The van der Waals surface area contributed by atoms with Gasteiger partial charge >= 0.3 is 0 Å². The summed E-state index contributed by atoms with van der Waals surface area (Å²) in [5.74, 6) is 0.889. The van der Waals surface area contributed by atoms with Crippen molar-refractivity contribution >= 4 is 0 Å². The molecule has 4 nitrogen and oxygen atoms in total. The number of fused-ring (bicyclic) bond motifs is 1. The molecule has 1 fully saturated rings. The Hall–Kier alpha value is -1.00. The summed E-state index contributed by atoms with van der Waals surface area (Å²) < 4.78 is 5.96. The second-order valence-electron chi connectivity index (χ2n) is 5.52. The summed E-state index contributed by atoms with van der Waals surface area (Å²) >= 11 is 0. The second-order valence-corrected chi connectivity index (χ2v) is 5.52. The first-order valence-corrected chi connectivity index (χ1v) is 6.90. The molecular formula is C14H21N3O. The average Bonchev–Trinajstić information content (AvgIpc) is 2.39. The van der Waals surface area contributed by atoms with Gasteiger partial charge in [-0.25, -0.2) is 9.97 Å². The van der Waals surface area contributed by atoms with Crippen molar-refractivity contribution in [3.8, 4) is 0 Å². The molecule has 4 heteroatoms. The van der Waals surface area contributed by atoms with Crippen LogP contribution in [0.4, 0.5) is 0 Å². The molecular weight excluding hydrogens is 226 g/mol. The number of rotatable bonds is 1. The zero-order valence-corrected chi connectivity index (χ0v) is 11.3. The lowest BCUT2D eigenvalue weighted by molar-refractivity contribution is -0.0763. The van der Waals surface area contributed by atoms with Gasteiger partial charge in [-0.05, 0) is 33.1 Å². The maximum Gasteiger partial charge on any atom is 0.160 e. The van der Waals surface area contributed by atoms with E-state index < -0.39 is 0 Å². The zero-order chi connectivity index (χ0) is 12.6. The third kappa shape index (κ3) is 2.04. The maximum atomic E-state index is 5.96. The SMILES string of the molecule is Cc1nc(C2(C)CCCCO2)nc2c1CNCC2. The van der Waals surface area contributed by atoms with Gasteiger partial charge in [0.15, 0.2) is 5.82 Å². The van der Waals surface area contributed by atoms with E-state index in [9.17, 15) is 0 Å². The van der Waals surface area contributed by atoms with Gasteiger partial charge < -0.3 is 10.1 Å². The Morgan fingerprint density at radius 3 is 2.94 bits per heavy atom. The third-order valence-corrected chi connectivity index (χ3v) is 4.08. The topological polar surface area (TPSA) is 47.0 Å².